The molecule has 1 unspecified atom stereocenters. The average molecular weight is 530 g/mol. The lowest BCUT2D eigenvalue weighted by Gasteiger charge is -2.62. The third-order valence-electron chi connectivity index (χ3n) is 12.2. The molecule has 2 N–H and O–H groups in total. The number of carbonyl (C=O) groups is 2. The Kier molecular flexibility index (Phi) is 10.4. The number of aliphatic hydroxyl groups excluding tert-OH is 1. The number of nitrogens with one attached hydrogen (secondary N) is 1. The van der Waals surface area contributed by atoms with Crippen molar-refractivity contribution in [1.29, 1.82) is 0 Å². The molecule has 0 saturated heterocycles. The molecule has 4 nitrogen and oxygen atoms in total. The van der Waals surface area contributed by atoms with Gasteiger partial charge in [0.1, 0.15) is 5.78 Å². The number of Topliss-reactive ketones (excluding diaryl/α,β-unsaturated/α-hetero) is 1. The van der Waals surface area contributed by atoms with Crippen LogP contribution in [0, 0.1) is 40.4 Å². The van der Waals surface area contributed by atoms with Crippen LogP contribution in [0.2, 0.25) is 0 Å². The van der Waals surface area contributed by atoms with Gasteiger partial charge in [0.05, 0.1) is 6.10 Å². The Hall–Kier alpha value is -0.900. The van der Waals surface area contributed by atoms with E-state index in [-0.39, 0.29) is 17.4 Å². The van der Waals surface area contributed by atoms with Gasteiger partial charge in [0.15, 0.2) is 0 Å². The summed E-state index contributed by atoms with van der Waals surface area (Å²) in [6.45, 7) is 9.21. The van der Waals surface area contributed by atoms with E-state index < -0.39 is 0 Å². The highest BCUT2D eigenvalue weighted by Crippen LogP contribution is 2.67. The fourth-order valence-electron chi connectivity index (χ4n) is 9.92. The maximum Gasteiger partial charge on any atom is 0.220 e. The van der Waals surface area contributed by atoms with Gasteiger partial charge in [0.2, 0.25) is 5.91 Å². The molecule has 0 aromatic rings. The fourth-order valence-corrected chi connectivity index (χ4v) is 9.92. The molecule has 38 heavy (non-hydrogen) atoms. The maximum atomic E-state index is 12.5. The summed E-state index contributed by atoms with van der Waals surface area (Å²) in [4.78, 5) is 24.5. The molecule has 4 fully saturated rings. The predicted octanol–water partition coefficient (Wildman–Crippen LogP) is 8.00. The van der Waals surface area contributed by atoms with E-state index in [1.54, 1.807) is 0 Å². The summed E-state index contributed by atoms with van der Waals surface area (Å²) in [6, 6.07) is 0.306. The highest BCUT2D eigenvalue weighted by molar-refractivity contribution is 5.79. The van der Waals surface area contributed by atoms with E-state index >= 15 is 0 Å². The highest BCUT2D eigenvalue weighted by Gasteiger charge is 2.62. The van der Waals surface area contributed by atoms with Gasteiger partial charge >= 0.3 is 0 Å². The van der Waals surface area contributed by atoms with E-state index in [1.807, 2.05) is 0 Å². The van der Waals surface area contributed by atoms with Crippen molar-refractivity contribution in [1.82, 2.24) is 5.32 Å². The Morgan fingerprint density at radius 2 is 1.66 bits per heavy atom. The smallest absolute Gasteiger partial charge is 0.220 e. The lowest BCUT2D eigenvalue weighted by atomic mass is 9.42. The molecule has 4 aliphatic rings. The fraction of sp³-hybridized carbons (Fsp3) is 0.941. The van der Waals surface area contributed by atoms with Crippen molar-refractivity contribution in [2.75, 3.05) is 0 Å². The minimum atomic E-state index is -0.113. The predicted molar refractivity (Wildman–Crippen MR) is 156 cm³/mol. The van der Waals surface area contributed by atoms with Gasteiger partial charge in [-0.15, -0.1) is 0 Å². The molecule has 4 aliphatic carbocycles. The third-order valence-corrected chi connectivity index (χ3v) is 12.2. The molecular weight excluding hydrogens is 470 g/mol. The molecule has 0 aromatic carbocycles. The summed E-state index contributed by atoms with van der Waals surface area (Å²) in [5.74, 6) is 4.26. The van der Waals surface area contributed by atoms with Crippen LogP contribution in [0.25, 0.3) is 0 Å². The molecule has 218 valence electrons. The minimum absolute atomic E-state index is 0.113. The zero-order chi connectivity index (χ0) is 27.3. The Balaban J connectivity index is 1.22. The topological polar surface area (TPSA) is 66.4 Å². The normalized spacial score (nSPS) is 39.2. The Labute approximate surface area is 233 Å². The van der Waals surface area contributed by atoms with Gasteiger partial charge in [-0.25, -0.2) is 0 Å². The second-order valence-electron chi connectivity index (χ2n) is 14.6. The highest BCUT2D eigenvalue weighted by atomic mass is 16.3. The molecule has 0 aliphatic heterocycles. The SMILES string of the molecule is CCCC(C)NC(=O)CCCCCCCCC[C@@H]1C[C@H]2CC(=O)CC[C@]2(C)[C@H]2CC[C@]3(C)[C@@H](O)CC[C@H]3[C@H]12. The van der Waals surface area contributed by atoms with E-state index in [4.69, 9.17) is 0 Å². The lowest BCUT2D eigenvalue weighted by molar-refractivity contribution is -0.156. The van der Waals surface area contributed by atoms with E-state index in [1.165, 1.54) is 70.6 Å². The molecule has 0 aromatic heterocycles. The Bertz CT molecular complexity index is 797. The second-order valence-corrected chi connectivity index (χ2v) is 14.6. The maximum absolute atomic E-state index is 12.5. The number of ketones is 1. The zero-order valence-electron chi connectivity index (χ0n) is 25.2. The standard InChI is InChI=1S/C34H59NO3/c1-5-13-24(2)35-31(38)15-12-10-8-6-7-9-11-14-25-22-26-23-27(36)18-20-33(26,3)29-19-21-34(4)28(32(25)29)16-17-30(34)37/h24-26,28-30,32,37H,5-23H2,1-4H3,(H,35,38)/t24?,25-,26+,28+,29+,30+,32+,33+,34+/m1/s1. The van der Waals surface area contributed by atoms with Crippen molar-refractivity contribution >= 4 is 11.7 Å². The molecule has 0 bridgehead atoms. The molecule has 9 atom stereocenters. The van der Waals surface area contributed by atoms with Gasteiger partial charge in [-0.3, -0.25) is 9.59 Å². The number of hydrogen-bond donors (Lipinski definition) is 2. The van der Waals surface area contributed by atoms with Gasteiger partial charge in [0, 0.05) is 25.3 Å². The summed E-state index contributed by atoms with van der Waals surface area (Å²) >= 11 is 0. The summed E-state index contributed by atoms with van der Waals surface area (Å²) < 4.78 is 0. The molecular formula is C34H59NO3. The van der Waals surface area contributed by atoms with Gasteiger partial charge in [-0.2, -0.15) is 0 Å². The number of fused-ring (bicyclic) bond motifs is 5. The van der Waals surface area contributed by atoms with Crippen LogP contribution in [-0.4, -0.2) is 28.9 Å². The van der Waals surface area contributed by atoms with Crippen LogP contribution in [0.4, 0.5) is 0 Å². The van der Waals surface area contributed by atoms with Gasteiger partial charge in [-0.05, 0) is 98.7 Å². The van der Waals surface area contributed by atoms with Gasteiger partial charge < -0.3 is 10.4 Å². The summed E-state index contributed by atoms with van der Waals surface area (Å²) in [5, 5.41) is 14.1. The molecule has 4 saturated carbocycles. The van der Waals surface area contributed by atoms with Crippen molar-refractivity contribution in [3.63, 3.8) is 0 Å². The number of amides is 1. The number of rotatable bonds is 13. The third kappa shape index (κ3) is 6.52. The Morgan fingerprint density at radius 1 is 0.974 bits per heavy atom. The van der Waals surface area contributed by atoms with E-state index in [0.717, 1.165) is 62.7 Å². The number of aliphatic hydroxyl groups is 1. The lowest BCUT2D eigenvalue weighted by Crippen LogP contribution is -2.57. The summed E-state index contributed by atoms with van der Waals surface area (Å²) in [7, 11) is 0. The molecule has 0 spiro atoms. The van der Waals surface area contributed by atoms with Crippen LogP contribution in [-0.2, 0) is 9.59 Å². The molecule has 1 amide bonds. The number of unbranched alkanes of at least 4 members (excludes halogenated alkanes) is 6. The first-order chi connectivity index (χ1) is 18.2. The summed E-state index contributed by atoms with van der Waals surface area (Å²) in [6.07, 6.45) is 21.4. The molecule has 0 heterocycles. The average Bonchev–Trinajstić information content (AvgIpc) is 3.18. The van der Waals surface area contributed by atoms with Crippen molar-refractivity contribution in [2.24, 2.45) is 40.4 Å². The van der Waals surface area contributed by atoms with E-state index in [0.29, 0.717) is 35.5 Å². The van der Waals surface area contributed by atoms with Crippen molar-refractivity contribution < 1.29 is 14.7 Å². The van der Waals surface area contributed by atoms with Gasteiger partial charge in [0.25, 0.3) is 0 Å². The first kappa shape index (κ1) is 30.1. The second kappa shape index (κ2) is 13.2. The number of hydrogen-bond acceptors (Lipinski definition) is 3. The van der Waals surface area contributed by atoms with Crippen LogP contribution in [0.3, 0.4) is 0 Å². The van der Waals surface area contributed by atoms with Crippen molar-refractivity contribution in [2.45, 2.75) is 162 Å². The molecule has 4 rings (SSSR count). The Morgan fingerprint density at radius 3 is 2.39 bits per heavy atom. The monoisotopic (exact) mass is 529 g/mol. The quantitative estimate of drug-likeness (QED) is 0.238. The summed E-state index contributed by atoms with van der Waals surface area (Å²) in [5.41, 5.74) is 0.465. The minimum Gasteiger partial charge on any atom is -0.393 e. The van der Waals surface area contributed by atoms with Crippen LogP contribution in [0.15, 0.2) is 0 Å². The molecule has 4 heteroatoms. The number of carbonyl (C=O) groups excluding carboxylic acids is 2. The first-order valence-corrected chi connectivity index (χ1v) is 16.7. The van der Waals surface area contributed by atoms with Gasteiger partial charge in [-0.1, -0.05) is 72.1 Å². The first-order valence-electron chi connectivity index (χ1n) is 16.7. The van der Waals surface area contributed by atoms with Crippen LogP contribution >= 0.6 is 0 Å². The van der Waals surface area contributed by atoms with Crippen LogP contribution in [0.1, 0.15) is 150 Å². The van der Waals surface area contributed by atoms with E-state index in [9.17, 15) is 14.7 Å². The molecule has 0 radical (unpaired) electrons. The van der Waals surface area contributed by atoms with E-state index in [2.05, 4.69) is 33.0 Å². The zero-order valence-corrected chi connectivity index (χ0v) is 25.2. The largest absolute Gasteiger partial charge is 0.393 e. The van der Waals surface area contributed by atoms with Crippen molar-refractivity contribution in [3.05, 3.63) is 0 Å². The van der Waals surface area contributed by atoms with Crippen LogP contribution < -0.4 is 5.32 Å². The van der Waals surface area contributed by atoms with Crippen molar-refractivity contribution in [3.8, 4) is 0 Å². The van der Waals surface area contributed by atoms with Crippen LogP contribution in [0.5, 0.6) is 0 Å².